The molecule has 1 unspecified atom stereocenters. The lowest BCUT2D eigenvalue weighted by molar-refractivity contribution is -0.387. The Labute approximate surface area is 124 Å². The summed E-state index contributed by atoms with van der Waals surface area (Å²) in [6.45, 7) is 0. The van der Waals surface area contributed by atoms with Crippen LogP contribution in [-0.2, 0) is 9.84 Å². The fraction of sp³-hybridized carbons (Fsp3) is 0.571. The van der Waals surface area contributed by atoms with E-state index in [1.54, 1.807) is 7.05 Å². The smallest absolute Gasteiger partial charge is 0.287 e. The van der Waals surface area contributed by atoms with Crippen LogP contribution in [0.3, 0.4) is 0 Å². The van der Waals surface area contributed by atoms with Gasteiger partial charge in [-0.2, -0.15) is 0 Å². The minimum absolute atomic E-state index is 0.0982. The van der Waals surface area contributed by atoms with E-state index in [-0.39, 0.29) is 22.4 Å². The minimum Gasteiger partial charge on any atom is -0.316 e. The fourth-order valence-corrected chi connectivity index (χ4v) is 4.85. The van der Waals surface area contributed by atoms with Crippen LogP contribution in [0.15, 0.2) is 29.2 Å². The van der Waals surface area contributed by atoms with Gasteiger partial charge in [-0.25, -0.2) is 8.42 Å². The molecule has 0 aromatic heterocycles. The standard InChI is InChI=1S/C14H20N2O4S/c1-15-12(11-6-2-3-7-11)10-21(19,20)14-9-5-4-8-13(14)16(17)18/h4-5,8-9,11-12,15H,2-3,6-7,10H2,1H3. The van der Waals surface area contributed by atoms with Gasteiger partial charge in [-0.05, 0) is 31.9 Å². The number of nitro groups is 1. The number of nitrogens with one attached hydrogen (secondary N) is 1. The van der Waals surface area contributed by atoms with Gasteiger partial charge in [0.1, 0.15) is 4.90 Å². The molecule has 1 aliphatic rings. The number of nitro benzene ring substituents is 1. The van der Waals surface area contributed by atoms with E-state index < -0.39 is 14.8 Å². The molecule has 2 rings (SSSR count). The Kier molecular flexibility index (Phi) is 4.95. The number of hydrogen-bond donors (Lipinski definition) is 1. The zero-order valence-corrected chi connectivity index (χ0v) is 12.8. The molecule has 1 aromatic rings. The predicted octanol–water partition coefficient (Wildman–Crippen LogP) is 2.15. The Morgan fingerprint density at radius 1 is 1.33 bits per heavy atom. The molecule has 0 aliphatic heterocycles. The molecule has 0 radical (unpaired) electrons. The first-order valence-corrected chi connectivity index (χ1v) is 8.74. The summed E-state index contributed by atoms with van der Waals surface area (Å²) in [5.74, 6) is 0.228. The summed E-state index contributed by atoms with van der Waals surface area (Å²) in [4.78, 5) is 10.2. The van der Waals surface area contributed by atoms with Crippen LogP contribution in [0, 0.1) is 16.0 Å². The monoisotopic (exact) mass is 312 g/mol. The van der Waals surface area contributed by atoms with Gasteiger partial charge < -0.3 is 5.32 Å². The molecule has 0 heterocycles. The van der Waals surface area contributed by atoms with Crippen molar-refractivity contribution in [1.29, 1.82) is 0 Å². The number of nitrogens with zero attached hydrogens (tertiary/aromatic N) is 1. The van der Waals surface area contributed by atoms with Crippen molar-refractivity contribution in [3.63, 3.8) is 0 Å². The van der Waals surface area contributed by atoms with Crippen molar-refractivity contribution < 1.29 is 13.3 Å². The molecule has 7 heteroatoms. The summed E-state index contributed by atoms with van der Waals surface area (Å²) in [5.41, 5.74) is -0.348. The van der Waals surface area contributed by atoms with E-state index in [1.807, 2.05) is 0 Å². The van der Waals surface area contributed by atoms with Gasteiger partial charge in [0, 0.05) is 12.1 Å². The molecule has 116 valence electrons. The Bertz CT molecular complexity index is 609. The molecular weight excluding hydrogens is 292 g/mol. The third kappa shape index (κ3) is 3.59. The van der Waals surface area contributed by atoms with Crippen LogP contribution in [0.25, 0.3) is 0 Å². The van der Waals surface area contributed by atoms with Crippen molar-refractivity contribution in [3.8, 4) is 0 Å². The number of para-hydroxylation sites is 1. The molecular formula is C14H20N2O4S. The molecule has 0 bridgehead atoms. The van der Waals surface area contributed by atoms with Crippen LogP contribution in [-0.4, -0.2) is 32.2 Å². The van der Waals surface area contributed by atoms with E-state index in [2.05, 4.69) is 5.32 Å². The van der Waals surface area contributed by atoms with Crippen LogP contribution in [0.2, 0.25) is 0 Å². The molecule has 21 heavy (non-hydrogen) atoms. The lowest BCUT2D eigenvalue weighted by Crippen LogP contribution is -2.38. The maximum Gasteiger partial charge on any atom is 0.287 e. The number of sulfone groups is 1. The quantitative estimate of drug-likeness (QED) is 0.642. The first-order chi connectivity index (χ1) is 9.95. The van der Waals surface area contributed by atoms with E-state index in [1.165, 1.54) is 24.3 Å². The number of rotatable bonds is 6. The molecule has 1 saturated carbocycles. The molecule has 1 aliphatic carbocycles. The second-order valence-electron chi connectivity index (χ2n) is 5.45. The lowest BCUT2D eigenvalue weighted by atomic mass is 10.0. The van der Waals surface area contributed by atoms with Crippen LogP contribution < -0.4 is 5.32 Å². The average Bonchev–Trinajstić information content (AvgIpc) is 2.99. The molecule has 0 saturated heterocycles. The zero-order chi connectivity index (χ0) is 15.5. The molecule has 0 amide bonds. The third-order valence-electron chi connectivity index (χ3n) is 4.14. The lowest BCUT2D eigenvalue weighted by Gasteiger charge is -2.22. The molecule has 0 spiro atoms. The van der Waals surface area contributed by atoms with E-state index in [4.69, 9.17) is 0 Å². The van der Waals surface area contributed by atoms with Gasteiger partial charge in [-0.1, -0.05) is 25.0 Å². The second-order valence-corrected chi connectivity index (χ2v) is 7.45. The van der Waals surface area contributed by atoms with Crippen molar-refractivity contribution in [1.82, 2.24) is 5.32 Å². The van der Waals surface area contributed by atoms with Crippen molar-refractivity contribution in [2.24, 2.45) is 5.92 Å². The highest BCUT2D eigenvalue weighted by Crippen LogP contribution is 2.30. The SMILES string of the molecule is CNC(CS(=O)(=O)c1ccccc1[N+](=O)[O-])C1CCCC1. The topological polar surface area (TPSA) is 89.3 Å². The van der Waals surface area contributed by atoms with Crippen molar-refractivity contribution in [2.45, 2.75) is 36.6 Å². The summed E-state index contributed by atoms with van der Waals surface area (Å²) < 4.78 is 25.1. The summed E-state index contributed by atoms with van der Waals surface area (Å²) in [7, 11) is -1.94. The Hall–Kier alpha value is -1.47. The van der Waals surface area contributed by atoms with Crippen LogP contribution in [0.5, 0.6) is 0 Å². The number of hydrogen-bond acceptors (Lipinski definition) is 5. The first kappa shape index (κ1) is 15.9. The van der Waals surface area contributed by atoms with Crippen LogP contribution in [0.1, 0.15) is 25.7 Å². The highest BCUT2D eigenvalue weighted by molar-refractivity contribution is 7.91. The Morgan fingerprint density at radius 2 is 1.95 bits per heavy atom. The highest BCUT2D eigenvalue weighted by Gasteiger charge is 2.32. The van der Waals surface area contributed by atoms with Crippen LogP contribution >= 0.6 is 0 Å². The second kappa shape index (κ2) is 6.53. The average molecular weight is 312 g/mol. The van der Waals surface area contributed by atoms with Crippen molar-refractivity contribution in [2.75, 3.05) is 12.8 Å². The first-order valence-electron chi connectivity index (χ1n) is 7.09. The van der Waals surface area contributed by atoms with E-state index in [0.29, 0.717) is 5.92 Å². The summed E-state index contributed by atoms with van der Waals surface area (Å²) in [5, 5.41) is 14.1. The van der Waals surface area contributed by atoms with Gasteiger partial charge in [-0.15, -0.1) is 0 Å². The van der Waals surface area contributed by atoms with E-state index in [9.17, 15) is 18.5 Å². The predicted molar refractivity (Wildman–Crippen MR) is 80.0 cm³/mol. The van der Waals surface area contributed by atoms with Gasteiger partial charge in [-0.3, -0.25) is 10.1 Å². The van der Waals surface area contributed by atoms with Gasteiger partial charge in [0.2, 0.25) is 0 Å². The van der Waals surface area contributed by atoms with Gasteiger partial charge in [0.15, 0.2) is 9.84 Å². The normalized spacial score (nSPS) is 17.8. The van der Waals surface area contributed by atoms with E-state index in [0.717, 1.165) is 25.7 Å². The maximum absolute atomic E-state index is 12.5. The highest BCUT2D eigenvalue weighted by atomic mass is 32.2. The summed E-state index contributed by atoms with van der Waals surface area (Å²) in [6, 6.07) is 5.39. The fourth-order valence-electron chi connectivity index (χ4n) is 3.01. The zero-order valence-electron chi connectivity index (χ0n) is 12.0. The maximum atomic E-state index is 12.5. The van der Waals surface area contributed by atoms with Crippen LogP contribution in [0.4, 0.5) is 5.69 Å². The molecule has 1 N–H and O–H groups in total. The third-order valence-corrected chi connectivity index (χ3v) is 5.95. The van der Waals surface area contributed by atoms with Gasteiger partial charge in [0.25, 0.3) is 5.69 Å². The Morgan fingerprint density at radius 3 is 2.52 bits per heavy atom. The molecule has 1 fully saturated rings. The molecule has 6 nitrogen and oxygen atoms in total. The molecule has 1 aromatic carbocycles. The number of benzene rings is 1. The summed E-state index contributed by atoms with van der Waals surface area (Å²) in [6.07, 6.45) is 4.26. The van der Waals surface area contributed by atoms with Crippen molar-refractivity contribution in [3.05, 3.63) is 34.4 Å². The molecule has 1 atom stereocenters. The largest absolute Gasteiger partial charge is 0.316 e. The van der Waals surface area contributed by atoms with Gasteiger partial charge >= 0.3 is 0 Å². The minimum atomic E-state index is -3.69. The Balaban J connectivity index is 2.27. The van der Waals surface area contributed by atoms with Gasteiger partial charge in [0.05, 0.1) is 10.7 Å². The summed E-state index contributed by atoms with van der Waals surface area (Å²) >= 11 is 0. The van der Waals surface area contributed by atoms with Crippen molar-refractivity contribution >= 4 is 15.5 Å². The van der Waals surface area contributed by atoms with E-state index >= 15 is 0 Å².